The van der Waals surface area contributed by atoms with Gasteiger partial charge in [0.15, 0.2) is 0 Å². The van der Waals surface area contributed by atoms with E-state index in [0.29, 0.717) is 5.69 Å². The van der Waals surface area contributed by atoms with E-state index < -0.39 is 0 Å². The number of nitrogens with one attached hydrogen (secondary N) is 1. The fourth-order valence-corrected chi connectivity index (χ4v) is 3.30. The number of benzene rings is 1. The summed E-state index contributed by atoms with van der Waals surface area (Å²) in [7, 11) is 0. The molecular weight excluding hydrogens is 332 g/mol. The molecule has 0 saturated heterocycles. The van der Waals surface area contributed by atoms with Crippen LogP contribution >= 0.6 is 11.3 Å². The van der Waals surface area contributed by atoms with Gasteiger partial charge in [-0.25, -0.2) is 4.98 Å². The number of pyridine rings is 1. The molecule has 2 heterocycles. The average Bonchev–Trinajstić information content (AvgIpc) is 3.15. The Balaban J connectivity index is 1.69. The molecule has 0 radical (unpaired) electrons. The summed E-state index contributed by atoms with van der Waals surface area (Å²) in [4.78, 5) is 23.3. The van der Waals surface area contributed by atoms with E-state index in [4.69, 9.17) is 0 Å². The Morgan fingerprint density at radius 2 is 1.88 bits per heavy atom. The lowest BCUT2D eigenvalue weighted by Crippen LogP contribution is -2.21. The van der Waals surface area contributed by atoms with Crippen molar-refractivity contribution in [3.8, 4) is 10.7 Å². The highest BCUT2D eigenvalue weighted by Crippen LogP contribution is 2.22. The molecule has 2 aromatic heterocycles. The van der Waals surface area contributed by atoms with E-state index in [1.165, 1.54) is 11.3 Å². The Morgan fingerprint density at radius 1 is 1.12 bits per heavy atom. The van der Waals surface area contributed by atoms with Gasteiger partial charge in [0.2, 0.25) is 0 Å². The third-order valence-electron chi connectivity index (χ3n) is 3.87. The Kier molecular flexibility index (Phi) is 5.40. The van der Waals surface area contributed by atoms with Crippen LogP contribution in [0.1, 0.15) is 24.3 Å². The van der Waals surface area contributed by atoms with Gasteiger partial charge in [-0.2, -0.15) is 0 Å². The van der Waals surface area contributed by atoms with Crippen LogP contribution < -0.4 is 10.2 Å². The second-order valence-corrected chi connectivity index (χ2v) is 6.28. The first-order valence-corrected chi connectivity index (χ1v) is 9.12. The van der Waals surface area contributed by atoms with Gasteiger partial charge in [-0.3, -0.25) is 9.78 Å². The van der Waals surface area contributed by atoms with Crippen LogP contribution in [0.4, 0.5) is 11.4 Å². The van der Waals surface area contributed by atoms with Crippen molar-refractivity contribution >= 4 is 28.6 Å². The fourth-order valence-electron chi connectivity index (χ4n) is 2.52. The Hall–Kier alpha value is -2.73. The SMILES string of the molecule is CCN(CC)c1ccc(NC(=O)c2csc(-c3ccccn3)n2)cc1. The van der Waals surface area contributed by atoms with Crippen LogP contribution in [0.25, 0.3) is 10.7 Å². The summed E-state index contributed by atoms with van der Waals surface area (Å²) in [5.41, 5.74) is 3.08. The molecule has 128 valence electrons. The van der Waals surface area contributed by atoms with Crippen LogP contribution in [-0.2, 0) is 0 Å². The zero-order valence-corrected chi connectivity index (χ0v) is 15.1. The summed E-state index contributed by atoms with van der Waals surface area (Å²) in [5, 5.41) is 5.38. The highest BCUT2D eigenvalue weighted by molar-refractivity contribution is 7.13. The summed E-state index contributed by atoms with van der Waals surface area (Å²) in [6.45, 7) is 6.16. The van der Waals surface area contributed by atoms with Gasteiger partial charge in [0, 0.05) is 36.0 Å². The molecule has 0 aliphatic rings. The maximum atomic E-state index is 12.4. The topological polar surface area (TPSA) is 58.1 Å². The second kappa shape index (κ2) is 7.90. The molecule has 0 fully saturated rings. The number of aromatic nitrogens is 2. The number of rotatable bonds is 6. The molecule has 5 nitrogen and oxygen atoms in total. The number of nitrogens with zero attached hydrogens (tertiary/aromatic N) is 3. The number of anilines is 2. The molecule has 3 rings (SSSR count). The zero-order chi connectivity index (χ0) is 17.6. The van der Waals surface area contributed by atoms with Crippen molar-refractivity contribution in [2.75, 3.05) is 23.3 Å². The van der Waals surface area contributed by atoms with Gasteiger partial charge in [0.1, 0.15) is 10.7 Å². The predicted molar refractivity (Wildman–Crippen MR) is 103 cm³/mol. The lowest BCUT2D eigenvalue weighted by molar-refractivity contribution is 0.102. The number of carbonyl (C=O) groups is 1. The first-order valence-electron chi connectivity index (χ1n) is 8.24. The molecule has 0 unspecified atom stereocenters. The molecule has 0 saturated carbocycles. The quantitative estimate of drug-likeness (QED) is 0.718. The van der Waals surface area contributed by atoms with Crippen molar-refractivity contribution in [3.63, 3.8) is 0 Å². The number of hydrogen-bond acceptors (Lipinski definition) is 5. The van der Waals surface area contributed by atoms with Gasteiger partial charge >= 0.3 is 0 Å². The summed E-state index contributed by atoms with van der Waals surface area (Å²) in [5.74, 6) is -0.214. The first-order chi connectivity index (χ1) is 12.2. The van der Waals surface area contributed by atoms with Crippen molar-refractivity contribution < 1.29 is 4.79 Å². The molecule has 0 aliphatic carbocycles. The predicted octanol–water partition coefficient (Wildman–Crippen LogP) is 4.30. The van der Waals surface area contributed by atoms with Crippen LogP contribution in [0.15, 0.2) is 54.0 Å². The summed E-state index contributed by atoms with van der Waals surface area (Å²) < 4.78 is 0. The van der Waals surface area contributed by atoms with Crippen molar-refractivity contribution in [3.05, 3.63) is 59.7 Å². The van der Waals surface area contributed by atoms with Crippen LogP contribution in [0.2, 0.25) is 0 Å². The van der Waals surface area contributed by atoms with Gasteiger partial charge in [-0.05, 0) is 50.2 Å². The third kappa shape index (κ3) is 4.03. The van der Waals surface area contributed by atoms with Gasteiger partial charge in [-0.15, -0.1) is 11.3 Å². The Morgan fingerprint density at radius 3 is 2.52 bits per heavy atom. The maximum absolute atomic E-state index is 12.4. The lowest BCUT2D eigenvalue weighted by atomic mass is 10.2. The monoisotopic (exact) mass is 352 g/mol. The molecular formula is C19H20N4OS. The van der Waals surface area contributed by atoms with Crippen molar-refractivity contribution in [1.82, 2.24) is 9.97 Å². The molecule has 3 aromatic rings. The highest BCUT2D eigenvalue weighted by Gasteiger charge is 2.13. The Bertz CT molecular complexity index is 826. The summed E-state index contributed by atoms with van der Waals surface area (Å²) >= 11 is 1.41. The third-order valence-corrected chi connectivity index (χ3v) is 4.74. The lowest BCUT2D eigenvalue weighted by Gasteiger charge is -2.21. The van der Waals surface area contributed by atoms with E-state index in [0.717, 1.165) is 35.2 Å². The molecule has 25 heavy (non-hydrogen) atoms. The molecule has 0 spiro atoms. The summed E-state index contributed by atoms with van der Waals surface area (Å²) in [6.07, 6.45) is 1.72. The average molecular weight is 352 g/mol. The second-order valence-electron chi connectivity index (χ2n) is 5.43. The van der Waals surface area contributed by atoms with E-state index in [-0.39, 0.29) is 5.91 Å². The van der Waals surface area contributed by atoms with E-state index in [9.17, 15) is 4.79 Å². The molecule has 0 bridgehead atoms. The van der Waals surface area contributed by atoms with Crippen LogP contribution in [0, 0.1) is 0 Å². The van der Waals surface area contributed by atoms with Crippen LogP contribution in [0.3, 0.4) is 0 Å². The molecule has 1 aromatic carbocycles. The number of thiazole rings is 1. The minimum Gasteiger partial charge on any atom is -0.372 e. The summed E-state index contributed by atoms with van der Waals surface area (Å²) in [6, 6.07) is 13.5. The molecule has 1 N–H and O–H groups in total. The zero-order valence-electron chi connectivity index (χ0n) is 14.3. The van der Waals surface area contributed by atoms with Gasteiger partial charge < -0.3 is 10.2 Å². The van der Waals surface area contributed by atoms with Crippen LogP contribution in [0.5, 0.6) is 0 Å². The van der Waals surface area contributed by atoms with E-state index in [2.05, 4.69) is 34.0 Å². The minimum atomic E-state index is -0.214. The maximum Gasteiger partial charge on any atom is 0.275 e. The molecule has 0 aliphatic heterocycles. The van der Waals surface area contributed by atoms with Crippen molar-refractivity contribution in [2.24, 2.45) is 0 Å². The standard InChI is InChI=1S/C19H20N4OS/c1-3-23(4-2)15-10-8-14(9-11-15)21-18(24)17-13-25-19(22-17)16-7-5-6-12-20-16/h5-13H,3-4H2,1-2H3,(H,21,24). The smallest absolute Gasteiger partial charge is 0.275 e. The molecule has 6 heteroatoms. The van der Waals surface area contributed by atoms with E-state index in [1.54, 1.807) is 11.6 Å². The highest BCUT2D eigenvalue weighted by atomic mass is 32.1. The normalized spacial score (nSPS) is 10.5. The van der Waals surface area contributed by atoms with E-state index in [1.807, 2.05) is 42.5 Å². The number of amides is 1. The molecule has 1 amide bonds. The van der Waals surface area contributed by atoms with Gasteiger partial charge in [0.25, 0.3) is 5.91 Å². The number of carbonyl (C=O) groups excluding carboxylic acids is 1. The number of hydrogen-bond donors (Lipinski definition) is 1. The minimum absolute atomic E-state index is 0.214. The van der Waals surface area contributed by atoms with Crippen molar-refractivity contribution in [2.45, 2.75) is 13.8 Å². The first kappa shape index (κ1) is 17.1. The van der Waals surface area contributed by atoms with Gasteiger partial charge in [-0.1, -0.05) is 6.07 Å². The largest absolute Gasteiger partial charge is 0.372 e. The van der Waals surface area contributed by atoms with E-state index >= 15 is 0 Å². The Labute approximate surface area is 151 Å². The van der Waals surface area contributed by atoms with Crippen molar-refractivity contribution in [1.29, 1.82) is 0 Å². The molecule has 0 atom stereocenters. The fraction of sp³-hybridized carbons (Fsp3) is 0.211. The van der Waals surface area contributed by atoms with Gasteiger partial charge in [0.05, 0.1) is 5.69 Å². The van der Waals surface area contributed by atoms with Crippen LogP contribution in [-0.4, -0.2) is 29.0 Å².